The normalized spacial score (nSPS) is 11.5. The van der Waals surface area contributed by atoms with Crippen LogP contribution in [0.2, 0.25) is 0 Å². The maximum atomic E-state index is 11.6. The van der Waals surface area contributed by atoms with Crippen LogP contribution < -0.4 is 4.74 Å². The number of benzene rings is 2. The van der Waals surface area contributed by atoms with E-state index in [0.717, 1.165) is 12.0 Å². The van der Waals surface area contributed by atoms with Gasteiger partial charge in [0.15, 0.2) is 5.92 Å². The molecule has 126 valence electrons. The minimum atomic E-state index is -1.33. The summed E-state index contributed by atoms with van der Waals surface area (Å²) in [5.74, 6) is -2.85. The third-order valence-electron chi connectivity index (χ3n) is 3.46. The lowest BCUT2D eigenvalue weighted by atomic mass is 10.1. The highest BCUT2D eigenvalue weighted by atomic mass is 16.5. The number of hydrogen-bond acceptors (Lipinski definition) is 4. The second-order valence-corrected chi connectivity index (χ2v) is 5.26. The monoisotopic (exact) mass is 328 g/mol. The Balaban J connectivity index is 1.93. The first-order chi connectivity index (χ1) is 11.6. The van der Waals surface area contributed by atoms with Gasteiger partial charge in [-0.1, -0.05) is 42.5 Å². The van der Waals surface area contributed by atoms with Crippen LogP contribution in [0.3, 0.4) is 0 Å². The van der Waals surface area contributed by atoms with E-state index < -0.39 is 17.9 Å². The average molecular weight is 328 g/mol. The maximum Gasteiger partial charge on any atom is 0.323 e. The lowest BCUT2D eigenvalue weighted by Gasteiger charge is -2.13. The first-order valence-electron chi connectivity index (χ1n) is 7.75. The average Bonchev–Trinajstić information content (AvgIpc) is 2.57. The van der Waals surface area contributed by atoms with Gasteiger partial charge < -0.3 is 14.6 Å². The number of carboxylic acids is 1. The molecule has 0 spiro atoms. The minimum Gasteiger partial charge on any atom is -0.492 e. The van der Waals surface area contributed by atoms with Crippen molar-refractivity contribution in [3.8, 4) is 5.75 Å². The quantitative estimate of drug-likeness (QED) is 0.596. The first kappa shape index (κ1) is 17.5. The van der Waals surface area contributed by atoms with Crippen molar-refractivity contribution in [2.45, 2.75) is 13.3 Å². The number of ether oxygens (including phenoxy) is 2. The van der Waals surface area contributed by atoms with Crippen molar-refractivity contribution in [1.82, 2.24) is 0 Å². The zero-order valence-electron chi connectivity index (χ0n) is 13.5. The maximum absolute atomic E-state index is 11.6. The number of carbonyl (C=O) groups excluding carboxylic acids is 1. The standard InChI is InChI=1S/C19H20O5/c1-2-23-19(22)17(18(20)21)13-24-16-10-8-15(9-11-16)12-14-6-4-3-5-7-14/h3-11,17H,2,12-13H2,1H3,(H,20,21). The highest BCUT2D eigenvalue weighted by molar-refractivity contribution is 5.94. The highest BCUT2D eigenvalue weighted by Gasteiger charge is 2.28. The molecule has 0 aromatic heterocycles. The molecule has 0 aliphatic heterocycles. The van der Waals surface area contributed by atoms with Crippen molar-refractivity contribution in [3.63, 3.8) is 0 Å². The van der Waals surface area contributed by atoms with E-state index >= 15 is 0 Å². The number of aliphatic carboxylic acids is 1. The van der Waals surface area contributed by atoms with Crippen molar-refractivity contribution in [2.24, 2.45) is 5.92 Å². The largest absolute Gasteiger partial charge is 0.492 e. The van der Waals surface area contributed by atoms with Gasteiger partial charge in [0.05, 0.1) is 6.61 Å². The summed E-state index contributed by atoms with van der Waals surface area (Å²) in [5.41, 5.74) is 2.33. The van der Waals surface area contributed by atoms with Crippen LogP contribution in [0.4, 0.5) is 0 Å². The Morgan fingerprint density at radius 2 is 1.62 bits per heavy atom. The molecule has 0 heterocycles. The van der Waals surface area contributed by atoms with Crippen LogP contribution in [-0.4, -0.2) is 30.3 Å². The van der Waals surface area contributed by atoms with Gasteiger partial charge >= 0.3 is 11.9 Å². The molecule has 1 N–H and O–H groups in total. The second-order valence-electron chi connectivity index (χ2n) is 5.26. The predicted molar refractivity (Wildman–Crippen MR) is 88.9 cm³/mol. The molecule has 5 heteroatoms. The van der Waals surface area contributed by atoms with Crippen LogP contribution in [-0.2, 0) is 20.7 Å². The summed E-state index contributed by atoms with van der Waals surface area (Å²) in [4.78, 5) is 22.7. The fourth-order valence-electron chi connectivity index (χ4n) is 2.20. The number of rotatable bonds is 8. The Morgan fingerprint density at radius 1 is 1.00 bits per heavy atom. The molecule has 2 rings (SSSR count). The summed E-state index contributed by atoms with van der Waals surface area (Å²) in [6.07, 6.45) is 0.807. The summed E-state index contributed by atoms with van der Waals surface area (Å²) in [7, 11) is 0. The lowest BCUT2D eigenvalue weighted by Crippen LogP contribution is -2.31. The smallest absolute Gasteiger partial charge is 0.323 e. The van der Waals surface area contributed by atoms with Crippen molar-refractivity contribution in [3.05, 3.63) is 65.7 Å². The Bertz CT molecular complexity index is 664. The predicted octanol–water partition coefficient (Wildman–Crippen LogP) is 2.92. The Kier molecular flexibility index (Phi) is 6.37. The van der Waals surface area contributed by atoms with Gasteiger partial charge in [0.25, 0.3) is 0 Å². The zero-order chi connectivity index (χ0) is 17.4. The molecule has 0 radical (unpaired) electrons. The van der Waals surface area contributed by atoms with E-state index in [-0.39, 0.29) is 13.2 Å². The molecule has 0 saturated carbocycles. The second kappa shape index (κ2) is 8.72. The van der Waals surface area contributed by atoms with E-state index in [1.165, 1.54) is 5.56 Å². The SMILES string of the molecule is CCOC(=O)C(COc1ccc(Cc2ccccc2)cc1)C(=O)O. The Hall–Kier alpha value is -2.82. The first-order valence-corrected chi connectivity index (χ1v) is 7.75. The molecule has 24 heavy (non-hydrogen) atoms. The Morgan fingerprint density at radius 3 is 2.21 bits per heavy atom. The van der Waals surface area contributed by atoms with Crippen LogP contribution in [0.25, 0.3) is 0 Å². The summed E-state index contributed by atoms with van der Waals surface area (Å²) in [5, 5.41) is 9.08. The highest BCUT2D eigenvalue weighted by Crippen LogP contribution is 2.16. The van der Waals surface area contributed by atoms with Crippen molar-refractivity contribution >= 4 is 11.9 Å². The van der Waals surface area contributed by atoms with Gasteiger partial charge in [0, 0.05) is 0 Å². The van der Waals surface area contributed by atoms with Crippen LogP contribution in [0.15, 0.2) is 54.6 Å². The lowest BCUT2D eigenvalue weighted by molar-refractivity contribution is -0.159. The number of carbonyl (C=O) groups is 2. The molecule has 0 aliphatic carbocycles. The molecule has 2 aromatic carbocycles. The van der Waals surface area contributed by atoms with Crippen LogP contribution in [0.5, 0.6) is 5.75 Å². The van der Waals surface area contributed by atoms with Gasteiger partial charge in [0.2, 0.25) is 0 Å². The van der Waals surface area contributed by atoms with Gasteiger partial charge in [-0.25, -0.2) is 0 Å². The number of esters is 1. The van der Waals surface area contributed by atoms with E-state index in [2.05, 4.69) is 12.1 Å². The Labute approximate surface area is 140 Å². The van der Waals surface area contributed by atoms with Crippen LogP contribution >= 0.6 is 0 Å². The van der Waals surface area contributed by atoms with E-state index in [1.54, 1.807) is 19.1 Å². The molecule has 0 amide bonds. The fraction of sp³-hybridized carbons (Fsp3) is 0.263. The van der Waals surface area contributed by atoms with Gasteiger partial charge in [-0.15, -0.1) is 0 Å². The van der Waals surface area contributed by atoms with Crippen LogP contribution in [0.1, 0.15) is 18.1 Å². The summed E-state index contributed by atoms with van der Waals surface area (Å²) in [6.45, 7) is 1.51. The third kappa shape index (κ3) is 5.12. The zero-order valence-corrected chi connectivity index (χ0v) is 13.5. The van der Waals surface area contributed by atoms with Crippen molar-refractivity contribution < 1.29 is 24.2 Å². The fourth-order valence-corrected chi connectivity index (χ4v) is 2.20. The molecule has 0 aliphatic rings. The van der Waals surface area contributed by atoms with Crippen LogP contribution in [0, 0.1) is 5.92 Å². The van der Waals surface area contributed by atoms with E-state index in [4.69, 9.17) is 14.6 Å². The molecule has 0 saturated heterocycles. The summed E-state index contributed by atoms with van der Waals surface area (Å²) >= 11 is 0. The van der Waals surface area contributed by atoms with E-state index in [0.29, 0.717) is 5.75 Å². The van der Waals surface area contributed by atoms with Gasteiger partial charge in [-0.2, -0.15) is 0 Å². The molecule has 2 aromatic rings. The van der Waals surface area contributed by atoms with Gasteiger partial charge in [0.1, 0.15) is 12.4 Å². The molecule has 5 nitrogen and oxygen atoms in total. The third-order valence-corrected chi connectivity index (χ3v) is 3.46. The van der Waals surface area contributed by atoms with E-state index in [1.807, 2.05) is 30.3 Å². The summed E-state index contributed by atoms with van der Waals surface area (Å²) < 4.78 is 10.2. The minimum absolute atomic E-state index is 0.136. The summed E-state index contributed by atoms with van der Waals surface area (Å²) in [6, 6.07) is 17.4. The topological polar surface area (TPSA) is 72.8 Å². The molecule has 0 fully saturated rings. The molecular weight excluding hydrogens is 308 g/mol. The van der Waals surface area contributed by atoms with Crippen molar-refractivity contribution in [2.75, 3.05) is 13.2 Å². The van der Waals surface area contributed by atoms with Crippen molar-refractivity contribution in [1.29, 1.82) is 0 Å². The molecule has 1 unspecified atom stereocenters. The molecule has 1 atom stereocenters. The number of hydrogen-bond donors (Lipinski definition) is 1. The number of carboxylic acid groups (broad SMARTS) is 1. The van der Waals surface area contributed by atoms with Gasteiger partial charge in [-0.3, -0.25) is 9.59 Å². The van der Waals surface area contributed by atoms with Gasteiger partial charge in [-0.05, 0) is 36.6 Å². The molecule has 0 bridgehead atoms. The molecular formula is C19H20O5. The van der Waals surface area contributed by atoms with E-state index in [9.17, 15) is 9.59 Å².